The van der Waals surface area contributed by atoms with Crippen LogP contribution in [0.25, 0.3) is 0 Å². The summed E-state index contributed by atoms with van der Waals surface area (Å²) in [7, 11) is 3.98. The normalized spacial score (nSPS) is 26.3. The van der Waals surface area contributed by atoms with E-state index in [-0.39, 0.29) is 20.4 Å². The molecule has 0 bridgehead atoms. The summed E-state index contributed by atoms with van der Waals surface area (Å²) in [4.78, 5) is 38.2. The summed E-state index contributed by atoms with van der Waals surface area (Å²) in [6, 6.07) is 6.73. The summed E-state index contributed by atoms with van der Waals surface area (Å²) in [5.41, 5.74) is 0.463. The molecular weight excluding hydrogens is 384 g/mol. The molecule has 8 heteroatoms. The second-order valence-electron chi connectivity index (χ2n) is 8.10. The molecule has 30 heavy (non-hydrogen) atoms. The summed E-state index contributed by atoms with van der Waals surface area (Å²) >= 11 is 0. The van der Waals surface area contributed by atoms with Gasteiger partial charge in [0.15, 0.2) is 13.1 Å². The Kier molecular flexibility index (Phi) is 6.10. The fourth-order valence-electron chi connectivity index (χ4n) is 4.27. The molecule has 2 heterocycles. The Morgan fingerprint density at radius 2 is 1.20 bits per heavy atom. The molecule has 0 fully saturated rings. The van der Waals surface area contributed by atoms with Gasteiger partial charge in [-0.25, -0.2) is 9.59 Å². The Morgan fingerprint density at radius 1 is 0.833 bits per heavy atom. The number of rotatable bonds is 6. The molecule has 162 valence electrons. The number of hydrogen-bond acceptors (Lipinski definition) is 4. The van der Waals surface area contributed by atoms with Gasteiger partial charge in [0.2, 0.25) is 13.1 Å². The predicted octanol–water partition coefficient (Wildman–Crippen LogP) is 1.65. The molecule has 3 rings (SSSR count). The number of hydroxylamine groups is 6. The average molecular weight is 419 g/mol. The average Bonchev–Trinajstić information content (AvgIpc) is 3.20. The number of carbonyl (C=O) groups excluding carboxylic acids is 2. The van der Waals surface area contributed by atoms with Crippen molar-refractivity contribution in [2.45, 2.75) is 27.7 Å². The van der Waals surface area contributed by atoms with Crippen LogP contribution in [0, 0.1) is 0 Å². The largest absolute Gasteiger partial charge is 0.399 e. The van der Waals surface area contributed by atoms with Gasteiger partial charge >= 0.3 is 23.6 Å². The van der Waals surface area contributed by atoms with Crippen molar-refractivity contribution in [1.29, 1.82) is 0 Å². The van der Waals surface area contributed by atoms with Crippen molar-refractivity contribution in [3.05, 3.63) is 35.4 Å². The zero-order chi connectivity index (χ0) is 22.1. The zero-order valence-electron chi connectivity index (χ0n) is 19.0. The summed E-state index contributed by atoms with van der Waals surface area (Å²) < 4.78 is 4.47. The van der Waals surface area contributed by atoms with Gasteiger partial charge in [-0.05, 0) is 35.3 Å². The molecule has 1 aromatic carbocycles. The minimum Gasteiger partial charge on any atom is -0.261 e. The number of hydrogen-bond donors (Lipinski definition) is 0. The molecule has 0 aromatic heterocycles. The van der Waals surface area contributed by atoms with Crippen LogP contribution in [0.3, 0.4) is 0 Å². The molecule has 0 radical (unpaired) electrons. The lowest BCUT2D eigenvalue weighted by Gasteiger charge is -2.26. The Hall–Kier alpha value is -2.58. The van der Waals surface area contributed by atoms with Gasteiger partial charge in [0, 0.05) is 0 Å². The van der Waals surface area contributed by atoms with Crippen LogP contribution in [0.15, 0.2) is 24.3 Å². The first-order chi connectivity index (χ1) is 14.2. The number of nitrogens with zero attached hydrogens (tertiary/aromatic N) is 4. The van der Waals surface area contributed by atoms with Crippen LogP contribution < -0.4 is 0 Å². The van der Waals surface area contributed by atoms with Crippen molar-refractivity contribution in [1.82, 2.24) is 0 Å². The van der Waals surface area contributed by atoms with E-state index in [1.165, 1.54) is 0 Å². The van der Waals surface area contributed by atoms with Gasteiger partial charge in [-0.15, -0.1) is 0 Å². The Labute approximate surface area is 178 Å². The molecule has 0 amide bonds. The second-order valence-corrected chi connectivity index (χ2v) is 8.10. The molecular formula is C22H34N4O4+4. The third kappa shape index (κ3) is 3.65. The predicted molar refractivity (Wildman–Crippen MR) is 112 cm³/mol. The van der Waals surface area contributed by atoms with Crippen molar-refractivity contribution in [2.24, 2.45) is 0 Å². The van der Waals surface area contributed by atoms with Crippen LogP contribution in [-0.2, 0) is 9.68 Å². The van der Waals surface area contributed by atoms with Crippen molar-refractivity contribution < 1.29 is 37.7 Å². The summed E-state index contributed by atoms with van der Waals surface area (Å²) in [5.74, 6) is 0.932. The lowest BCUT2D eigenvalue weighted by molar-refractivity contribution is -1.01. The molecule has 0 spiro atoms. The highest BCUT2D eigenvalue weighted by Gasteiger charge is 2.49. The molecule has 2 atom stereocenters. The second kappa shape index (κ2) is 8.28. The molecule has 2 aliphatic rings. The van der Waals surface area contributed by atoms with Crippen LogP contribution in [0.4, 0.5) is 0 Å². The molecule has 0 N–H and O–H groups in total. The minimum absolute atomic E-state index is 0.144. The zero-order valence-corrected chi connectivity index (χ0v) is 19.0. The molecule has 0 saturated heterocycles. The molecule has 0 aliphatic carbocycles. The maximum atomic E-state index is 13.1. The van der Waals surface area contributed by atoms with Crippen LogP contribution in [0.1, 0.15) is 48.4 Å². The van der Waals surface area contributed by atoms with Crippen LogP contribution in [-0.4, -0.2) is 95.4 Å². The summed E-state index contributed by atoms with van der Waals surface area (Å²) in [6.07, 6.45) is 0. The first kappa shape index (κ1) is 22.1. The number of benzene rings is 1. The van der Waals surface area contributed by atoms with E-state index < -0.39 is 11.9 Å². The monoisotopic (exact) mass is 418 g/mol. The van der Waals surface area contributed by atoms with E-state index in [4.69, 9.17) is 9.68 Å². The van der Waals surface area contributed by atoms with E-state index >= 15 is 0 Å². The number of likely N-dealkylation sites (N-methyl/N-ethyl adjacent to an activating group) is 4. The van der Waals surface area contributed by atoms with Crippen molar-refractivity contribution in [3.63, 3.8) is 0 Å². The fourth-order valence-corrected chi connectivity index (χ4v) is 4.27. The standard InChI is InChI=1S/C22H34N4O4/c1-7-25(15-13-23(5)17(25)3)29-21(27)19-11-9-10-12-20(19)22(28)30-26(8-2)16-14-24(6)18(26)4/h9-12H,7-8,13-16H2,1-6H3/q+4. The molecule has 2 aliphatic heterocycles. The Morgan fingerprint density at radius 3 is 1.47 bits per heavy atom. The van der Waals surface area contributed by atoms with E-state index in [2.05, 4.69) is 9.15 Å². The van der Waals surface area contributed by atoms with Gasteiger partial charge in [0.25, 0.3) is 0 Å². The number of quaternary nitrogens is 2. The summed E-state index contributed by atoms with van der Waals surface area (Å²) in [5, 5.41) is 0. The third-order valence-electron chi connectivity index (χ3n) is 6.78. The summed E-state index contributed by atoms with van der Waals surface area (Å²) in [6.45, 7) is 12.2. The first-order valence-electron chi connectivity index (χ1n) is 10.6. The minimum atomic E-state index is -0.513. The van der Waals surface area contributed by atoms with Gasteiger partial charge < -0.3 is 0 Å². The Balaban J connectivity index is 1.88. The Bertz CT molecular complexity index is 864. The van der Waals surface area contributed by atoms with E-state index in [9.17, 15) is 9.59 Å². The van der Waals surface area contributed by atoms with E-state index in [0.29, 0.717) is 26.2 Å². The quantitative estimate of drug-likeness (QED) is 0.521. The smallest absolute Gasteiger partial charge is 0.261 e. The lowest BCUT2D eigenvalue weighted by atomic mass is 10.1. The van der Waals surface area contributed by atoms with E-state index in [0.717, 1.165) is 24.8 Å². The first-order valence-corrected chi connectivity index (χ1v) is 10.6. The van der Waals surface area contributed by atoms with Crippen LogP contribution >= 0.6 is 0 Å². The third-order valence-corrected chi connectivity index (χ3v) is 6.78. The maximum Gasteiger partial charge on any atom is 0.399 e. The molecule has 1 aromatic rings. The van der Waals surface area contributed by atoms with Gasteiger partial charge in [-0.2, -0.15) is 9.15 Å². The van der Waals surface area contributed by atoms with Crippen molar-refractivity contribution in [2.75, 3.05) is 53.4 Å². The van der Waals surface area contributed by atoms with Gasteiger partial charge in [-0.3, -0.25) is 9.68 Å². The van der Waals surface area contributed by atoms with Crippen LogP contribution in [0.2, 0.25) is 0 Å². The SMILES string of the molecule is CC[N+]1(OC(=O)c2ccccc2C(=O)O[N+]2(CC)CC[N+](C)=C2C)CC[N+](C)=C1C. The van der Waals surface area contributed by atoms with Crippen LogP contribution in [0.5, 0.6) is 0 Å². The molecule has 8 nitrogen and oxygen atoms in total. The number of amidine groups is 2. The highest BCUT2D eigenvalue weighted by Crippen LogP contribution is 2.22. The van der Waals surface area contributed by atoms with Crippen molar-refractivity contribution in [3.8, 4) is 0 Å². The van der Waals surface area contributed by atoms with E-state index in [1.807, 2.05) is 41.8 Å². The van der Waals surface area contributed by atoms with Gasteiger partial charge in [-0.1, -0.05) is 12.1 Å². The topological polar surface area (TPSA) is 58.6 Å². The highest BCUT2D eigenvalue weighted by atomic mass is 16.8. The maximum absolute atomic E-state index is 13.1. The van der Waals surface area contributed by atoms with Gasteiger partial charge in [0.05, 0.1) is 25.0 Å². The lowest BCUT2D eigenvalue weighted by Crippen LogP contribution is -2.52. The number of carbonyl (C=O) groups is 2. The highest BCUT2D eigenvalue weighted by molar-refractivity contribution is 6.03. The van der Waals surface area contributed by atoms with Gasteiger partial charge in [0.1, 0.15) is 27.2 Å². The molecule has 2 unspecified atom stereocenters. The van der Waals surface area contributed by atoms with E-state index in [1.54, 1.807) is 24.3 Å². The fraction of sp³-hybridized carbons (Fsp3) is 0.545. The van der Waals surface area contributed by atoms with Crippen molar-refractivity contribution >= 4 is 23.6 Å². The molecule has 0 saturated carbocycles.